The molecule has 1 N–H and O–H groups in total. The molecule has 1 atom stereocenters. The molecule has 2 aromatic carbocycles. The molecule has 0 spiro atoms. The maximum Gasteiger partial charge on any atom is 0.243 e. The second-order valence-corrected chi connectivity index (χ2v) is 9.80. The highest BCUT2D eigenvalue weighted by Gasteiger charge is 2.28. The Labute approximate surface area is 183 Å². The first kappa shape index (κ1) is 23.7. The lowest BCUT2D eigenvalue weighted by Crippen LogP contribution is -2.43. The predicted octanol–water partition coefficient (Wildman–Crippen LogP) is 4.80. The Morgan fingerprint density at radius 3 is 2.24 bits per heavy atom. The summed E-state index contributed by atoms with van der Waals surface area (Å²) >= 11 is 12.5. The van der Waals surface area contributed by atoms with Crippen LogP contribution in [0.1, 0.15) is 37.8 Å². The smallest absolute Gasteiger partial charge is 0.243 e. The third kappa shape index (κ3) is 6.44. The summed E-state index contributed by atoms with van der Waals surface area (Å²) in [4.78, 5) is 12.7. The van der Waals surface area contributed by atoms with Gasteiger partial charge in [0, 0.05) is 28.2 Å². The Hall–Kier alpha value is -1.60. The number of rotatable bonds is 9. The van der Waals surface area contributed by atoms with Crippen molar-refractivity contribution in [2.24, 2.45) is 0 Å². The highest BCUT2D eigenvalue weighted by molar-refractivity contribution is 7.89. The molecule has 2 rings (SSSR count). The fourth-order valence-electron chi connectivity index (χ4n) is 2.93. The Kier molecular flexibility index (Phi) is 8.52. The van der Waals surface area contributed by atoms with Crippen molar-refractivity contribution >= 4 is 39.1 Å². The van der Waals surface area contributed by atoms with E-state index >= 15 is 0 Å². The summed E-state index contributed by atoms with van der Waals surface area (Å²) in [6, 6.07) is 11.4. The van der Waals surface area contributed by atoms with Crippen molar-refractivity contribution in [1.29, 1.82) is 0 Å². The fraction of sp³-hybridized carbons (Fsp3) is 0.381. The van der Waals surface area contributed by atoms with Gasteiger partial charge in [0.2, 0.25) is 15.9 Å². The molecule has 0 aliphatic carbocycles. The van der Waals surface area contributed by atoms with Crippen LogP contribution in [0.25, 0.3) is 0 Å². The normalized spacial score (nSPS) is 12.8. The number of hydrogen-bond acceptors (Lipinski definition) is 3. The molecule has 0 radical (unpaired) electrons. The van der Waals surface area contributed by atoms with Crippen LogP contribution >= 0.6 is 23.2 Å². The number of carbonyl (C=O) groups is 1. The molecule has 0 aliphatic heterocycles. The summed E-state index contributed by atoms with van der Waals surface area (Å²) in [5, 5.41) is 3.54. The van der Waals surface area contributed by atoms with E-state index in [-0.39, 0.29) is 29.9 Å². The molecule has 0 bridgehead atoms. The van der Waals surface area contributed by atoms with Crippen LogP contribution in [0, 0.1) is 6.92 Å². The topological polar surface area (TPSA) is 66.5 Å². The lowest BCUT2D eigenvalue weighted by Gasteiger charge is -2.24. The first-order valence-electron chi connectivity index (χ1n) is 9.44. The monoisotopic (exact) mass is 456 g/mol. The van der Waals surface area contributed by atoms with E-state index in [9.17, 15) is 13.2 Å². The average Bonchev–Trinajstić information content (AvgIpc) is 2.64. The third-order valence-corrected chi connectivity index (χ3v) is 7.02. The lowest BCUT2D eigenvalue weighted by molar-refractivity contribution is -0.122. The summed E-state index contributed by atoms with van der Waals surface area (Å²) in [6.45, 7) is 5.36. The van der Waals surface area contributed by atoms with Crippen molar-refractivity contribution in [2.75, 3.05) is 6.54 Å². The number of amides is 1. The molecule has 0 fully saturated rings. The summed E-state index contributed by atoms with van der Waals surface area (Å²) < 4.78 is 27.7. The van der Waals surface area contributed by atoms with Gasteiger partial charge in [0.25, 0.3) is 0 Å². The van der Waals surface area contributed by atoms with Gasteiger partial charge in [-0.25, -0.2) is 8.42 Å². The zero-order valence-electron chi connectivity index (χ0n) is 16.8. The van der Waals surface area contributed by atoms with Crippen LogP contribution in [0.3, 0.4) is 0 Å². The number of aryl methyl sites for hydroxylation is 1. The number of hydrogen-bond donors (Lipinski definition) is 1. The molecule has 1 amide bonds. The predicted molar refractivity (Wildman–Crippen MR) is 118 cm³/mol. The number of halogens is 2. The summed E-state index contributed by atoms with van der Waals surface area (Å²) in [5.41, 5.74) is 1.40. The molecule has 29 heavy (non-hydrogen) atoms. The number of benzene rings is 2. The maximum absolute atomic E-state index is 13.3. The maximum atomic E-state index is 13.3. The first-order valence-corrected chi connectivity index (χ1v) is 11.6. The molecule has 0 saturated heterocycles. The van der Waals surface area contributed by atoms with E-state index in [1.807, 2.05) is 20.8 Å². The number of nitrogens with zero attached hydrogens (tertiary/aromatic N) is 1. The van der Waals surface area contributed by atoms with Gasteiger partial charge in [-0.15, -0.1) is 0 Å². The van der Waals surface area contributed by atoms with Gasteiger partial charge in [0.15, 0.2) is 0 Å². The minimum absolute atomic E-state index is 0.0414. The van der Waals surface area contributed by atoms with E-state index in [1.165, 1.54) is 12.1 Å². The largest absolute Gasteiger partial charge is 0.353 e. The minimum atomic E-state index is -3.94. The molecule has 0 heterocycles. The van der Waals surface area contributed by atoms with Crippen LogP contribution < -0.4 is 5.32 Å². The van der Waals surface area contributed by atoms with E-state index in [0.717, 1.165) is 22.7 Å². The van der Waals surface area contributed by atoms with Gasteiger partial charge in [0.05, 0.1) is 11.4 Å². The highest BCUT2D eigenvalue weighted by Crippen LogP contribution is 2.28. The fourth-order valence-corrected chi connectivity index (χ4v) is 4.81. The minimum Gasteiger partial charge on any atom is -0.353 e. The number of sulfonamides is 1. The van der Waals surface area contributed by atoms with Crippen LogP contribution in [0.15, 0.2) is 47.4 Å². The van der Waals surface area contributed by atoms with Crippen molar-refractivity contribution in [3.8, 4) is 0 Å². The molecular weight excluding hydrogens is 431 g/mol. The summed E-state index contributed by atoms with van der Waals surface area (Å²) in [5.74, 6) is -0.371. The van der Waals surface area contributed by atoms with Gasteiger partial charge < -0.3 is 5.32 Å². The average molecular weight is 457 g/mol. The van der Waals surface area contributed by atoms with Crippen molar-refractivity contribution in [3.05, 3.63) is 63.6 Å². The van der Waals surface area contributed by atoms with Gasteiger partial charge in [-0.1, -0.05) is 60.3 Å². The van der Waals surface area contributed by atoms with Crippen LogP contribution in [0.4, 0.5) is 0 Å². The molecule has 158 valence electrons. The molecule has 0 aromatic heterocycles. The molecule has 0 saturated carbocycles. The van der Waals surface area contributed by atoms with Gasteiger partial charge in [-0.2, -0.15) is 4.31 Å². The Morgan fingerprint density at radius 2 is 1.69 bits per heavy atom. The van der Waals surface area contributed by atoms with Crippen molar-refractivity contribution in [2.45, 2.75) is 51.1 Å². The van der Waals surface area contributed by atoms with E-state index in [2.05, 4.69) is 5.32 Å². The van der Waals surface area contributed by atoms with Crippen molar-refractivity contribution < 1.29 is 13.2 Å². The number of carbonyl (C=O) groups excluding carboxylic acids is 1. The molecule has 2 aromatic rings. The lowest BCUT2D eigenvalue weighted by atomic mass is 10.2. The van der Waals surface area contributed by atoms with Crippen LogP contribution in [-0.4, -0.2) is 31.2 Å². The zero-order valence-corrected chi connectivity index (χ0v) is 19.1. The standard InChI is InChI=1S/C21H26Cl2N2O3S/c1-4-6-16(3)24-21(26)14-25(13-18-19(22)7-5-8-20(18)23)29(27,28)17-11-9-15(2)10-12-17/h5,7-12,16H,4,6,13-14H2,1-3H3,(H,24,26)/t16-/m1/s1. The second kappa shape index (κ2) is 10.4. The van der Waals surface area contributed by atoms with Crippen LogP contribution in [0.5, 0.6) is 0 Å². The Bertz CT molecular complexity index is 927. The van der Waals surface area contributed by atoms with Crippen LogP contribution in [0.2, 0.25) is 10.0 Å². The summed E-state index contributed by atoms with van der Waals surface area (Å²) in [7, 11) is -3.94. The van der Waals surface area contributed by atoms with Crippen molar-refractivity contribution in [1.82, 2.24) is 9.62 Å². The van der Waals surface area contributed by atoms with E-state index in [0.29, 0.717) is 15.6 Å². The Balaban J connectivity index is 2.36. The molecule has 0 unspecified atom stereocenters. The molecule has 0 aliphatic rings. The van der Waals surface area contributed by atoms with Gasteiger partial charge in [-0.3, -0.25) is 4.79 Å². The first-order chi connectivity index (χ1) is 13.6. The summed E-state index contributed by atoms with van der Waals surface area (Å²) in [6.07, 6.45) is 1.73. The molecular formula is C21H26Cl2N2O3S. The Morgan fingerprint density at radius 1 is 1.10 bits per heavy atom. The van der Waals surface area contributed by atoms with E-state index < -0.39 is 10.0 Å². The molecule has 8 heteroatoms. The van der Waals surface area contributed by atoms with Gasteiger partial charge >= 0.3 is 0 Å². The SMILES string of the molecule is CCC[C@@H](C)NC(=O)CN(Cc1c(Cl)cccc1Cl)S(=O)(=O)c1ccc(C)cc1. The third-order valence-electron chi connectivity index (χ3n) is 4.50. The second-order valence-electron chi connectivity index (χ2n) is 7.04. The molecule has 5 nitrogen and oxygen atoms in total. The van der Waals surface area contributed by atoms with Crippen molar-refractivity contribution in [3.63, 3.8) is 0 Å². The quantitative estimate of drug-likeness (QED) is 0.589. The zero-order chi connectivity index (χ0) is 21.6. The van der Waals surface area contributed by atoms with Crippen LogP contribution in [-0.2, 0) is 21.4 Å². The van der Waals surface area contributed by atoms with E-state index in [1.54, 1.807) is 30.3 Å². The van der Waals surface area contributed by atoms with Gasteiger partial charge in [0.1, 0.15) is 0 Å². The van der Waals surface area contributed by atoms with E-state index in [4.69, 9.17) is 23.2 Å². The van der Waals surface area contributed by atoms with Gasteiger partial charge in [-0.05, 0) is 44.5 Å². The number of nitrogens with one attached hydrogen (secondary N) is 1. The highest BCUT2D eigenvalue weighted by atomic mass is 35.5.